The molecule has 0 saturated carbocycles. The third-order valence-corrected chi connectivity index (χ3v) is 4.82. The van der Waals surface area contributed by atoms with Gasteiger partial charge in [-0.25, -0.2) is 0 Å². The molecule has 0 bridgehead atoms. The average molecular weight is 373 g/mol. The number of rotatable bonds is 5. The van der Waals surface area contributed by atoms with Crippen molar-refractivity contribution in [2.45, 2.75) is 32.2 Å². The van der Waals surface area contributed by atoms with Crippen LogP contribution in [-0.2, 0) is 6.42 Å². The number of halogens is 1. The van der Waals surface area contributed by atoms with E-state index in [1.165, 1.54) is 0 Å². The van der Waals surface area contributed by atoms with Crippen LogP contribution in [0.25, 0.3) is 0 Å². The Morgan fingerprint density at radius 2 is 2.08 bits per heavy atom. The summed E-state index contributed by atoms with van der Waals surface area (Å²) in [4.78, 5) is 27.7. The van der Waals surface area contributed by atoms with Crippen LogP contribution in [-0.4, -0.2) is 76.1 Å². The number of nitro groups is 1. The predicted molar refractivity (Wildman–Crippen MR) is 95.2 cm³/mol. The van der Waals surface area contributed by atoms with Crippen molar-refractivity contribution >= 4 is 24.0 Å². The van der Waals surface area contributed by atoms with E-state index >= 15 is 0 Å². The molecule has 1 unspecified atom stereocenters. The van der Waals surface area contributed by atoms with Crippen LogP contribution in [0.4, 0.5) is 5.69 Å². The van der Waals surface area contributed by atoms with Crippen molar-refractivity contribution < 1.29 is 9.72 Å². The Labute approximate surface area is 152 Å². The number of H-pyrrole nitrogens is 1. The molecule has 0 spiro atoms. The van der Waals surface area contributed by atoms with E-state index in [9.17, 15) is 14.9 Å². The molecule has 10 heteroatoms. The second kappa shape index (κ2) is 8.59. The number of amides is 1. The lowest BCUT2D eigenvalue weighted by molar-refractivity contribution is -0.385. The number of aromatic amines is 1. The third kappa shape index (κ3) is 4.10. The number of likely N-dealkylation sites (tertiary alicyclic amines) is 1. The molecule has 2 aliphatic rings. The number of nitrogens with one attached hydrogen (secondary N) is 2. The van der Waals surface area contributed by atoms with E-state index in [4.69, 9.17) is 0 Å². The molecule has 2 aliphatic heterocycles. The molecule has 3 heterocycles. The Morgan fingerprint density at radius 3 is 2.72 bits per heavy atom. The van der Waals surface area contributed by atoms with Crippen LogP contribution in [0.3, 0.4) is 0 Å². The van der Waals surface area contributed by atoms with Gasteiger partial charge < -0.3 is 10.2 Å². The van der Waals surface area contributed by atoms with Crippen molar-refractivity contribution in [3.63, 3.8) is 0 Å². The molecule has 0 aromatic carbocycles. The lowest BCUT2D eigenvalue weighted by Crippen LogP contribution is -2.49. The highest BCUT2D eigenvalue weighted by molar-refractivity contribution is 5.96. The van der Waals surface area contributed by atoms with Gasteiger partial charge in [-0.15, -0.1) is 12.4 Å². The van der Waals surface area contributed by atoms with Crippen LogP contribution in [0, 0.1) is 10.1 Å². The fraction of sp³-hybridized carbons (Fsp3) is 0.733. The molecule has 1 atom stereocenters. The molecule has 25 heavy (non-hydrogen) atoms. The van der Waals surface area contributed by atoms with Crippen molar-refractivity contribution in [1.29, 1.82) is 0 Å². The summed E-state index contributed by atoms with van der Waals surface area (Å²) in [5, 5.41) is 21.3. The number of piperazine rings is 1. The Hall–Kier alpha value is -1.71. The molecule has 1 aromatic rings. The fourth-order valence-electron chi connectivity index (χ4n) is 3.56. The van der Waals surface area contributed by atoms with Crippen LogP contribution >= 0.6 is 12.4 Å². The average Bonchev–Trinajstić information content (AvgIpc) is 3.22. The first-order valence-corrected chi connectivity index (χ1v) is 8.57. The summed E-state index contributed by atoms with van der Waals surface area (Å²) < 4.78 is 0. The molecule has 9 nitrogen and oxygen atoms in total. The molecule has 2 fully saturated rings. The maximum Gasteiger partial charge on any atom is 0.322 e. The summed E-state index contributed by atoms with van der Waals surface area (Å²) in [5.74, 6) is -0.335. The minimum absolute atomic E-state index is 0. The molecule has 2 N–H and O–H groups in total. The standard InChI is InChI=1S/C15H24N6O3.ClH/c1-2-3-12-14(21(23)24)13(18-17-12)15(22)20-7-4-11(10-20)19-8-5-16-6-9-19;/h11,16H,2-10H2,1H3,(H,17,18);1H. The highest BCUT2D eigenvalue weighted by Crippen LogP contribution is 2.26. The van der Waals surface area contributed by atoms with E-state index in [1.54, 1.807) is 4.90 Å². The second-order valence-electron chi connectivity index (χ2n) is 6.39. The minimum Gasteiger partial charge on any atom is -0.335 e. The van der Waals surface area contributed by atoms with Crippen LogP contribution in [0.15, 0.2) is 0 Å². The number of carbonyl (C=O) groups is 1. The van der Waals surface area contributed by atoms with Gasteiger partial charge in [0.15, 0.2) is 0 Å². The van der Waals surface area contributed by atoms with Crippen molar-refractivity contribution in [1.82, 2.24) is 25.3 Å². The minimum atomic E-state index is -0.494. The molecular weight excluding hydrogens is 348 g/mol. The highest BCUT2D eigenvalue weighted by atomic mass is 35.5. The van der Waals surface area contributed by atoms with E-state index in [0.717, 1.165) is 39.0 Å². The highest BCUT2D eigenvalue weighted by Gasteiger charge is 2.36. The van der Waals surface area contributed by atoms with Crippen molar-refractivity contribution in [3.8, 4) is 0 Å². The number of hydrogen-bond acceptors (Lipinski definition) is 6. The summed E-state index contributed by atoms with van der Waals surface area (Å²) in [7, 11) is 0. The number of aryl methyl sites for hydroxylation is 1. The summed E-state index contributed by atoms with van der Waals surface area (Å²) in [6.45, 7) is 7.08. The quantitative estimate of drug-likeness (QED) is 0.585. The Balaban J connectivity index is 0.00000225. The molecule has 0 radical (unpaired) electrons. The summed E-state index contributed by atoms with van der Waals surface area (Å²) in [5.41, 5.74) is 0.223. The van der Waals surface area contributed by atoms with Gasteiger partial charge >= 0.3 is 5.69 Å². The van der Waals surface area contributed by atoms with Gasteiger partial charge in [0.1, 0.15) is 5.69 Å². The van der Waals surface area contributed by atoms with Crippen LogP contribution in [0.2, 0.25) is 0 Å². The maximum atomic E-state index is 12.7. The van der Waals surface area contributed by atoms with Gasteiger partial charge in [-0.3, -0.25) is 24.9 Å². The first kappa shape index (κ1) is 19.6. The van der Waals surface area contributed by atoms with Gasteiger partial charge in [0.05, 0.1) is 4.92 Å². The van der Waals surface area contributed by atoms with Crippen LogP contribution < -0.4 is 5.32 Å². The van der Waals surface area contributed by atoms with Crippen molar-refractivity contribution in [3.05, 3.63) is 21.5 Å². The zero-order chi connectivity index (χ0) is 17.1. The number of hydrogen-bond donors (Lipinski definition) is 2. The lowest BCUT2D eigenvalue weighted by Gasteiger charge is -2.32. The van der Waals surface area contributed by atoms with Crippen LogP contribution in [0.5, 0.6) is 0 Å². The normalized spacial score (nSPS) is 21.2. The fourth-order valence-corrected chi connectivity index (χ4v) is 3.56. The van der Waals surface area contributed by atoms with Crippen LogP contribution in [0.1, 0.15) is 35.9 Å². The van der Waals surface area contributed by atoms with E-state index in [0.29, 0.717) is 31.2 Å². The molecule has 0 aliphatic carbocycles. The number of nitrogens with zero attached hydrogens (tertiary/aromatic N) is 4. The SMILES string of the molecule is CCCc1[nH]nc(C(=O)N2CCC(N3CCNCC3)C2)c1[N+](=O)[O-].Cl. The monoisotopic (exact) mass is 372 g/mol. The van der Waals surface area contributed by atoms with Gasteiger partial charge in [-0.05, 0) is 12.8 Å². The van der Waals surface area contributed by atoms with E-state index in [2.05, 4.69) is 20.4 Å². The van der Waals surface area contributed by atoms with E-state index in [-0.39, 0.29) is 29.7 Å². The first-order chi connectivity index (χ1) is 11.6. The topological polar surface area (TPSA) is 107 Å². The van der Waals surface area contributed by atoms with Gasteiger partial charge in [0, 0.05) is 45.3 Å². The lowest BCUT2D eigenvalue weighted by atomic mass is 10.2. The van der Waals surface area contributed by atoms with Gasteiger partial charge in [-0.2, -0.15) is 5.10 Å². The summed E-state index contributed by atoms with van der Waals surface area (Å²) >= 11 is 0. The zero-order valence-corrected chi connectivity index (χ0v) is 15.2. The van der Waals surface area contributed by atoms with Gasteiger partial charge in [-0.1, -0.05) is 13.3 Å². The third-order valence-electron chi connectivity index (χ3n) is 4.82. The maximum absolute atomic E-state index is 12.7. The van der Waals surface area contributed by atoms with E-state index < -0.39 is 4.92 Å². The molecule has 1 aromatic heterocycles. The van der Waals surface area contributed by atoms with Crippen molar-refractivity contribution in [2.75, 3.05) is 39.3 Å². The zero-order valence-electron chi connectivity index (χ0n) is 14.4. The predicted octanol–water partition coefficient (Wildman–Crippen LogP) is 0.812. The first-order valence-electron chi connectivity index (χ1n) is 8.57. The largest absolute Gasteiger partial charge is 0.335 e. The smallest absolute Gasteiger partial charge is 0.322 e. The Morgan fingerprint density at radius 1 is 1.36 bits per heavy atom. The Bertz CT molecular complexity index is 616. The van der Waals surface area contributed by atoms with Gasteiger partial charge in [0.25, 0.3) is 5.91 Å². The molecule has 3 rings (SSSR count). The van der Waals surface area contributed by atoms with Crippen molar-refractivity contribution in [2.24, 2.45) is 0 Å². The van der Waals surface area contributed by atoms with E-state index in [1.807, 2.05) is 6.92 Å². The summed E-state index contributed by atoms with van der Waals surface area (Å²) in [6, 6.07) is 0.337. The molecule has 1 amide bonds. The molecular formula is C15H25ClN6O3. The second-order valence-corrected chi connectivity index (χ2v) is 6.39. The molecule has 140 valence electrons. The summed E-state index contributed by atoms with van der Waals surface area (Å²) in [6.07, 6.45) is 2.18. The number of carbonyl (C=O) groups excluding carboxylic acids is 1. The van der Waals surface area contributed by atoms with Gasteiger partial charge in [0.2, 0.25) is 5.69 Å². The number of aromatic nitrogens is 2. The Kier molecular flexibility index (Phi) is 6.74. The molecule has 2 saturated heterocycles.